The number of carbonyl (C=O) groups excluding carboxylic acids is 2. The van der Waals surface area contributed by atoms with Gasteiger partial charge in [0.1, 0.15) is 0 Å². The molecular formula is C18H17FO4. The van der Waals surface area contributed by atoms with E-state index in [1.807, 2.05) is 13.8 Å². The van der Waals surface area contributed by atoms with Crippen LogP contribution in [-0.4, -0.2) is 18.5 Å². The molecule has 0 amide bonds. The lowest BCUT2D eigenvalue weighted by Gasteiger charge is -2.11. The van der Waals surface area contributed by atoms with Gasteiger partial charge in [-0.3, -0.25) is 0 Å². The van der Waals surface area contributed by atoms with Crippen molar-refractivity contribution >= 4 is 11.9 Å². The lowest BCUT2D eigenvalue weighted by atomic mass is 10.1. The molecule has 2 rings (SSSR count). The topological polar surface area (TPSA) is 52.6 Å². The molecule has 2 aromatic carbocycles. The van der Waals surface area contributed by atoms with E-state index in [0.717, 1.165) is 0 Å². The molecule has 2 aromatic rings. The van der Waals surface area contributed by atoms with Crippen LogP contribution in [0.1, 0.15) is 34.6 Å². The molecule has 0 heterocycles. The maximum absolute atomic E-state index is 13.6. The average molecular weight is 316 g/mol. The molecule has 5 heteroatoms. The fraction of sp³-hybridized carbons (Fsp3) is 0.222. The van der Waals surface area contributed by atoms with Crippen LogP contribution in [0.3, 0.4) is 0 Å². The highest BCUT2D eigenvalue weighted by Gasteiger charge is 2.20. The Morgan fingerprint density at radius 3 is 2.13 bits per heavy atom. The molecule has 0 atom stereocenters. The molecule has 120 valence electrons. The minimum atomic E-state index is -0.813. The quantitative estimate of drug-likeness (QED) is 0.621. The molecule has 0 aliphatic rings. The van der Waals surface area contributed by atoms with E-state index >= 15 is 0 Å². The number of esters is 2. The second kappa shape index (κ2) is 7.54. The molecular weight excluding hydrogens is 299 g/mol. The molecule has 0 N–H and O–H groups in total. The molecule has 0 saturated heterocycles. The van der Waals surface area contributed by atoms with Crippen molar-refractivity contribution in [3.8, 4) is 5.75 Å². The van der Waals surface area contributed by atoms with E-state index in [1.165, 1.54) is 30.3 Å². The molecule has 0 aliphatic heterocycles. The number of benzene rings is 2. The Kier molecular flexibility index (Phi) is 5.46. The van der Waals surface area contributed by atoms with E-state index < -0.39 is 17.8 Å². The molecule has 4 nitrogen and oxygen atoms in total. The van der Waals surface area contributed by atoms with Gasteiger partial charge in [-0.25, -0.2) is 14.0 Å². The van der Waals surface area contributed by atoms with Gasteiger partial charge in [0, 0.05) is 0 Å². The predicted octanol–water partition coefficient (Wildman–Crippen LogP) is 3.86. The Morgan fingerprint density at radius 2 is 1.52 bits per heavy atom. The summed E-state index contributed by atoms with van der Waals surface area (Å²) < 4.78 is 23.7. The highest BCUT2D eigenvalue weighted by molar-refractivity contribution is 6.03. The molecule has 0 aliphatic carbocycles. The van der Waals surface area contributed by atoms with Crippen LogP contribution in [-0.2, 0) is 4.74 Å². The van der Waals surface area contributed by atoms with Crippen molar-refractivity contribution in [2.45, 2.75) is 13.8 Å². The Labute approximate surface area is 133 Å². The summed E-state index contributed by atoms with van der Waals surface area (Å²) in [5.41, 5.74) is 0.124. The monoisotopic (exact) mass is 316 g/mol. The molecule has 0 spiro atoms. The third-order valence-electron chi connectivity index (χ3n) is 2.95. The van der Waals surface area contributed by atoms with Gasteiger partial charge in [0.05, 0.1) is 17.7 Å². The van der Waals surface area contributed by atoms with Gasteiger partial charge in [0.25, 0.3) is 0 Å². The first-order valence-electron chi connectivity index (χ1n) is 7.22. The van der Waals surface area contributed by atoms with Crippen LogP contribution in [0.15, 0.2) is 48.5 Å². The number of hydrogen-bond acceptors (Lipinski definition) is 4. The second-order valence-electron chi connectivity index (χ2n) is 5.36. The Hall–Kier alpha value is -2.69. The standard InChI is InChI=1S/C18H17FO4/c1-12(2)11-22-17(20)13-7-3-4-8-14(13)18(21)23-16-10-6-5-9-15(16)19/h3-10,12H,11H2,1-2H3. The lowest BCUT2D eigenvalue weighted by molar-refractivity contribution is 0.0452. The number of halogens is 1. The number of para-hydroxylation sites is 1. The van der Waals surface area contributed by atoms with Crippen LogP contribution >= 0.6 is 0 Å². The van der Waals surface area contributed by atoms with Crippen LogP contribution in [0.2, 0.25) is 0 Å². The average Bonchev–Trinajstić information content (AvgIpc) is 2.54. The normalized spacial score (nSPS) is 10.4. The molecule has 0 bridgehead atoms. The summed E-state index contributed by atoms with van der Waals surface area (Å²) in [7, 11) is 0. The molecule has 0 radical (unpaired) electrons. The van der Waals surface area contributed by atoms with Crippen molar-refractivity contribution < 1.29 is 23.5 Å². The zero-order valence-corrected chi connectivity index (χ0v) is 12.9. The van der Waals surface area contributed by atoms with Crippen molar-refractivity contribution in [1.82, 2.24) is 0 Å². The van der Waals surface area contributed by atoms with Crippen LogP contribution in [0.5, 0.6) is 5.75 Å². The van der Waals surface area contributed by atoms with Crippen LogP contribution in [0, 0.1) is 11.7 Å². The van der Waals surface area contributed by atoms with Crippen molar-refractivity contribution in [1.29, 1.82) is 0 Å². The molecule has 0 aromatic heterocycles. The third-order valence-corrected chi connectivity index (χ3v) is 2.95. The Morgan fingerprint density at radius 1 is 0.957 bits per heavy atom. The highest BCUT2D eigenvalue weighted by Crippen LogP contribution is 2.19. The smallest absolute Gasteiger partial charge is 0.344 e. The fourth-order valence-electron chi connectivity index (χ4n) is 1.84. The maximum Gasteiger partial charge on any atom is 0.344 e. The largest absolute Gasteiger partial charge is 0.462 e. The first-order valence-corrected chi connectivity index (χ1v) is 7.22. The van der Waals surface area contributed by atoms with Gasteiger partial charge in [-0.15, -0.1) is 0 Å². The summed E-state index contributed by atoms with van der Waals surface area (Å²) in [5.74, 6) is -2.09. The third kappa shape index (κ3) is 4.39. The minimum Gasteiger partial charge on any atom is -0.462 e. The first kappa shape index (κ1) is 16.7. The molecule has 0 saturated carbocycles. The van der Waals surface area contributed by atoms with E-state index in [1.54, 1.807) is 18.2 Å². The van der Waals surface area contributed by atoms with E-state index in [2.05, 4.69) is 0 Å². The van der Waals surface area contributed by atoms with Gasteiger partial charge in [-0.05, 0) is 30.2 Å². The zero-order chi connectivity index (χ0) is 16.8. The van der Waals surface area contributed by atoms with Crippen LogP contribution < -0.4 is 4.74 Å². The van der Waals surface area contributed by atoms with Gasteiger partial charge in [-0.2, -0.15) is 0 Å². The van der Waals surface area contributed by atoms with Gasteiger partial charge in [0.2, 0.25) is 0 Å². The summed E-state index contributed by atoms with van der Waals surface area (Å²) in [5, 5.41) is 0. The van der Waals surface area contributed by atoms with Gasteiger partial charge in [-0.1, -0.05) is 38.1 Å². The summed E-state index contributed by atoms with van der Waals surface area (Å²) in [6, 6.07) is 11.7. The van der Waals surface area contributed by atoms with Gasteiger partial charge >= 0.3 is 11.9 Å². The van der Waals surface area contributed by atoms with Crippen molar-refractivity contribution in [3.05, 3.63) is 65.5 Å². The van der Waals surface area contributed by atoms with Gasteiger partial charge in [0.15, 0.2) is 11.6 Å². The number of rotatable bonds is 5. The highest BCUT2D eigenvalue weighted by atomic mass is 19.1. The zero-order valence-electron chi connectivity index (χ0n) is 12.9. The lowest BCUT2D eigenvalue weighted by Crippen LogP contribution is -2.17. The first-order chi connectivity index (χ1) is 11.0. The van der Waals surface area contributed by atoms with Crippen molar-refractivity contribution in [3.63, 3.8) is 0 Å². The predicted molar refractivity (Wildman–Crippen MR) is 82.9 cm³/mol. The Bertz CT molecular complexity index is 710. The van der Waals surface area contributed by atoms with Gasteiger partial charge < -0.3 is 9.47 Å². The summed E-state index contributed by atoms with van der Waals surface area (Å²) in [6.07, 6.45) is 0. The maximum atomic E-state index is 13.6. The second-order valence-corrected chi connectivity index (χ2v) is 5.36. The summed E-state index contributed by atoms with van der Waals surface area (Å²) in [6.45, 7) is 4.06. The molecule has 0 fully saturated rings. The van der Waals surface area contributed by atoms with Crippen molar-refractivity contribution in [2.75, 3.05) is 6.61 Å². The summed E-state index contributed by atoms with van der Waals surface area (Å²) in [4.78, 5) is 24.3. The SMILES string of the molecule is CC(C)COC(=O)c1ccccc1C(=O)Oc1ccccc1F. The molecule has 0 unspecified atom stereocenters. The van der Waals surface area contributed by atoms with E-state index in [9.17, 15) is 14.0 Å². The van der Waals surface area contributed by atoms with Crippen molar-refractivity contribution in [2.24, 2.45) is 5.92 Å². The number of hydrogen-bond donors (Lipinski definition) is 0. The van der Waals surface area contributed by atoms with E-state index in [0.29, 0.717) is 0 Å². The minimum absolute atomic E-state index is 0.0320. The summed E-state index contributed by atoms with van der Waals surface area (Å²) >= 11 is 0. The van der Waals surface area contributed by atoms with Crippen LogP contribution in [0.4, 0.5) is 4.39 Å². The van der Waals surface area contributed by atoms with E-state index in [4.69, 9.17) is 9.47 Å². The molecule has 23 heavy (non-hydrogen) atoms. The number of ether oxygens (including phenoxy) is 2. The number of carbonyl (C=O) groups is 2. The fourth-order valence-corrected chi connectivity index (χ4v) is 1.84. The van der Waals surface area contributed by atoms with E-state index in [-0.39, 0.29) is 29.4 Å². The Balaban J connectivity index is 2.21. The van der Waals surface area contributed by atoms with Crippen LogP contribution in [0.25, 0.3) is 0 Å².